The molecule has 0 aliphatic carbocycles. The van der Waals surface area contributed by atoms with Gasteiger partial charge in [0.05, 0.1) is 14.9 Å². The number of alkyl halides is 1. The molecule has 1 heterocycles. The fourth-order valence-electron chi connectivity index (χ4n) is 1.55. The van der Waals surface area contributed by atoms with Crippen LogP contribution in [0.2, 0.25) is 10.0 Å². The second-order valence-electron chi connectivity index (χ2n) is 3.34. The van der Waals surface area contributed by atoms with Gasteiger partial charge in [0, 0.05) is 12.2 Å². The summed E-state index contributed by atoms with van der Waals surface area (Å²) in [5.74, 6) is 0.0772. The molecule has 5 heteroatoms. The summed E-state index contributed by atoms with van der Waals surface area (Å²) in [6.45, 7) is 0.715. The highest BCUT2D eigenvalue weighted by molar-refractivity contribution is 9.10. The second-order valence-corrected chi connectivity index (χ2v) is 5.26. The minimum Gasteiger partial charge on any atom is -0.311 e. The summed E-state index contributed by atoms with van der Waals surface area (Å²) in [4.78, 5) is 13.3. The van der Waals surface area contributed by atoms with E-state index in [4.69, 9.17) is 23.2 Å². The molecular weight excluding hydrogens is 301 g/mol. The lowest BCUT2D eigenvalue weighted by atomic mass is 10.3. The van der Waals surface area contributed by atoms with Gasteiger partial charge in [-0.05, 0) is 24.6 Å². The van der Waals surface area contributed by atoms with Crippen molar-refractivity contribution in [1.82, 2.24) is 0 Å². The van der Waals surface area contributed by atoms with Crippen molar-refractivity contribution in [3.8, 4) is 0 Å². The van der Waals surface area contributed by atoms with Crippen LogP contribution in [-0.2, 0) is 4.79 Å². The summed E-state index contributed by atoms with van der Waals surface area (Å²) in [5.41, 5.74) is 0.802. The largest absolute Gasteiger partial charge is 0.311 e. The van der Waals surface area contributed by atoms with Gasteiger partial charge in [0.25, 0.3) is 0 Å². The summed E-state index contributed by atoms with van der Waals surface area (Å²) in [6, 6.07) is 5.22. The first kappa shape index (κ1) is 11.2. The van der Waals surface area contributed by atoms with Crippen LogP contribution in [0.4, 0.5) is 5.69 Å². The first-order valence-electron chi connectivity index (χ1n) is 4.50. The Hall–Kier alpha value is -0.250. The van der Waals surface area contributed by atoms with Crippen molar-refractivity contribution >= 4 is 50.7 Å². The van der Waals surface area contributed by atoms with Crippen molar-refractivity contribution in [2.24, 2.45) is 0 Å². The quantitative estimate of drug-likeness (QED) is 0.727. The topological polar surface area (TPSA) is 20.3 Å². The van der Waals surface area contributed by atoms with E-state index in [-0.39, 0.29) is 10.7 Å². The smallest absolute Gasteiger partial charge is 0.240 e. The van der Waals surface area contributed by atoms with Crippen LogP contribution in [0.25, 0.3) is 0 Å². The van der Waals surface area contributed by atoms with Gasteiger partial charge >= 0.3 is 0 Å². The number of nitrogens with zero attached hydrogens (tertiary/aromatic N) is 1. The Morgan fingerprint density at radius 1 is 1.33 bits per heavy atom. The van der Waals surface area contributed by atoms with E-state index in [1.165, 1.54) is 0 Å². The average Bonchev–Trinajstić information content (AvgIpc) is 2.53. The molecular formula is C10H8BrCl2NO. The van der Waals surface area contributed by atoms with Crippen molar-refractivity contribution in [3.63, 3.8) is 0 Å². The van der Waals surface area contributed by atoms with E-state index >= 15 is 0 Å². The molecule has 1 unspecified atom stereocenters. The molecule has 1 amide bonds. The van der Waals surface area contributed by atoms with E-state index in [1.54, 1.807) is 23.1 Å². The van der Waals surface area contributed by atoms with Gasteiger partial charge in [0.1, 0.15) is 0 Å². The second kappa shape index (κ2) is 4.32. The zero-order chi connectivity index (χ0) is 11.0. The predicted molar refractivity (Wildman–Crippen MR) is 66.1 cm³/mol. The van der Waals surface area contributed by atoms with Crippen LogP contribution >= 0.6 is 39.1 Å². The Morgan fingerprint density at radius 2 is 2.07 bits per heavy atom. The fraction of sp³-hybridized carbons (Fsp3) is 0.300. The highest BCUT2D eigenvalue weighted by atomic mass is 79.9. The van der Waals surface area contributed by atoms with Crippen LogP contribution in [0, 0.1) is 0 Å². The van der Waals surface area contributed by atoms with Crippen LogP contribution in [0.15, 0.2) is 18.2 Å². The van der Waals surface area contributed by atoms with Gasteiger partial charge in [-0.25, -0.2) is 0 Å². The summed E-state index contributed by atoms with van der Waals surface area (Å²) in [5, 5.41) is 0.974. The molecule has 15 heavy (non-hydrogen) atoms. The number of hydrogen-bond donors (Lipinski definition) is 0. The Bertz CT molecular complexity index is 410. The summed E-state index contributed by atoms with van der Waals surface area (Å²) < 4.78 is 0. The van der Waals surface area contributed by atoms with E-state index in [0.29, 0.717) is 16.6 Å². The fourth-order valence-corrected chi connectivity index (χ4v) is 2.30. The number of halogens is 3. The molecule has 1 atom stereocenters. The van der Waals surface area contributed by atoms with Crippen molar-refractivity contribution in [2.45, 2.75) is 11.2 Å². The first-order valence-corrected chi connectivity index (χ1v) is 6.17. The first-order chi connectivity index (χ1) is 7.09. The maximum absolute atomic E-state index is 11.7. The minimum absolute atomic E-state index is 0.0769. The van der Waals surface area contributed by atoms with E-state index in [0.717, 1.165) is 12.1 Å². The van der Waals surface area contributed by atoms with Crippen molar-refractivity contribution in [3.05, 3.63) is 28.2 Å². The summed E-state index contributed by atoms with van der Waals surface area (Å²) in [6.07, 6.45) is 0.819. The van der Waals surface area contributed by atoms with Gasteiger partial charge in [-0.2, -0.15) is 0 Å². The molecule has 1 fully saturated rings. The third-order valence-corrected chi connectivity index (χ3v) is 3.94. The monoisotopic (exact) mass is 307 g/mol. The number of carbonyl (C=O) groups is 1. The van der Waals surface area contributed by atoms with E-state index < -0.39 is 0 Å². The molecule has 1 aromatic rings. The van der Waals surface area contributed by atoms with Crippen molar-refractivity contribution < 1.29 is 4.79 Å². The minimum atomic E-state index is -0.0769. The van der Waals surface area contributed by atoms with Gasteiger partial charge in [0.2, 0.25) is 5.91 Å². The van der Waals surface area contributed by atoms with Gasteiger partial charge < -0.3 is 4.90 Å². The maximum Gasteiger partial charge on any atom is 0.240 e. The van der Waals surface area contributed by atoms with E-state index in [1.807, 2.05) is 0 Å². The molecule has 0 saturated carbocycles. The molecule has 0 N–H and O–H groups in total. The van der Waals surface area contributed by atoms with E-state index in [9.17, 15) is 4.79 Å². The lowest BCUT2D eigenvalue weighted by Gasteiger charge is -2.16. The highest BCUT2D eigenvalue weighted by Gasteiger charge is 2.30. The number of rotatable bonds is 1. The maximum atomic E-state index is 11.7. The van der Waals surface area contributed by atoms with E-state index in [2.05, 4.69) is 15.9 Å². The molecule has 0 bridgehead atoms. The van der Waals surface area contributed by atoms with Crippen LogP contribution < -0.4 is 4.90 Å². The molecule has 2 nitrogen and oxygen atoms in total. The lowest BCUT2D eigenvalue weighted by Crippen LogP contribution is -2.26. The summed E-state index contributed by atoms with van der Waals surface area (Å²) in [7, 11) is 0. The third-order valence-electron chi connectivity index (χ3n) is 2.35. The number of carbonyl (C=O) groups excluding carboxylic acids is 1. The van der Waals surface area contributed by atoms with Crippen molar-refractivity contribution in [2.75, 3.05) is 11.4 Å². The lowest BCUT2D eigenvalue weighted by molar-refractivity contribution is -0.116. The molecule has 0 spiro atoms. The number of anilines is 1. The van der Waals surface area contributed by atoms with Gasteiger partial charge in [-0.1, -0.05) is 39.1 Å². The van der Waals surface area contributed by atoms with Crippen LogP contribution in [-0.4, -0.2) is 17.3 Å². The van der Waals surface area contributed by atoms with Gasteiger partial charge in [-0.15, -0.1) is 0 Å². The average molecular weight is 309 g/mol. The molecule has 0 aromatic heterocycles. The zero-order valence-electron chi connectivity index (χ0n) is 7.71. The number of hydrogen-bond acceptors (Lipinski definition) is 1. The number of benzene rings is 1. The molecule has 1 saturated heterocycles. The molecule has 2 rings (SSSR count). The molecule has 80 valence electrons. The molecule has 1 aliphatic rings. The third kappa shape index (κ3) is 2.14. The Kier molecular flexibility index (Phi) is 3.24. The Balaban J connectivity index is 2.31. The zero-order valence-corrected chi connectivity index (χ0v) is 10.8. The molecule has 1 aliphatic heterocycles. The number of amides is 1. The Morgan fingerprint density at radius 3 is 2.60 bits per heavy atom. The highest BCUT2D eigenvalue weighted by Crippen LogP contribution is 2.30. The SMILES string of the molecule is O=C1C(Br)CCN1c1ccc(Cl)c(Cl)c1. The molecule has 1 aromatic carbocycles. The normalized spacial score (nSPS) is 21.1. The predicted octanol–water partition coefficient (Wildman–Crippen LogP) is 3.49. The van der Waals surface area contributed by atoms with Crippen molar-refractivity contribution in [1.29, 1.82) is 0 Å². The molecule has 0 radical (unpaired) electrons. The van der Waals surface area contributed by atoms with Crippen LogP contribution in [0.1, 0.15) is 6.42 Å². The standard InChI is InChI=1S/C10H8BrCl2NO/c11-7-3-4-14(10(7)15)6-1-2-8(12)9(13)5-6/h1-2,5,7H,3-4H2. The Labute approximate surface area is 106 Å². The van der Waals surface area contributed by atoms with Gasteiger partial charge in [0.15, 0.2) is 0 Å². The van der Waals surface area contributed by atoms with Crippen LogP contribution in [0.5, 0.6) is 0 Å². The summed E-state index contributed by atoms with van der Waals surface area (Å²) >= 11 is 15.0. The van der Waals surface area contributed by atoms with Crippen LogP contribution in [0.3, 0.4) is 0 Å². The van der Waals surface area contributed by atoms with Gasteiger partial charge in [-0.3, -0.25) is 4.79 Å².